The number of fused-ring (bicyclic) bond motifs is 1. The highest BCUT2D eigenvalue weighted by Gasteiger charge is 2.27. The van der Waals surface area contributed by atoms with Crippen LogP contribution in [-0.2, 0) is 9.53 Å². The molecule has 0 bridgehead atoms. The molecular formula is C25H26N4O3. The van der Waals surface area contributed by atoms with Crippen molar-refractivity contribution < 1.29 is 14.3 Å². The van der Waals surface area contributed by atoms with E-state index in [0.29, 0.717) is 17.7 Å². The summed E-state index contributed by atoms with van der Waals surface area (Å²) >= 11 is 0. The van der Waals surface area contributed by atoms with E-state index in [-0.39, 0.29) is 17.9 Å². The van der Waals surface area contributed by atoms with E-state index in [9.17, 15) is 9.59 Å². The molecule has 1 unspecified atom stereocenters. The number of rotatable bonds is 3. The number of para-hydroxylation sites is 1. The zero-order chi connectivity index (χ0) is 22.1. The molecule has 7 heteroatoms. The van der Waals surface area contributed by atoms with Crippen LogP contribution in [0.4, 0.5) is 5.69 Å². The minimum atomic E-state index is -0.215. The first-order chi connectivity index (χ1) is 15.6. The number of nitrogens with one attached hydrogen (secondary N) is 1. The molecule has 0 spiro atoms. The van der Waals surface area contributed by atoms with Gasteiger partial charge in [-0.1, -0.05) is 18.2 Å². The summed E-state index contributed by atoms with van der Waals surface area (Å²) < 4.78 is 6.08. The summed E-state index contributed by atoms with van der Waals surface area (Å²) in [6, 6.07) is 11.3. The quantitative estimate of drug-likeness (QED) is 0.758. The Kier molecular flexibility index (Phi) is 5.49. The third-order valence-electron chi connectivity index (χ3n) is 6.15. The van der Waals surface area contributed by atoms with Crippen LogP contribution >= 0.6 is 0 Å². The fourth-order valence-corrected chi connectivity index (χ4v) is 4.34. The average Bonchev–Trinajstić information content (AvgIpc) is 3.33. The van der Waals surface area contributed by atoms with E-state index in [1.165, 1.54) is 0 Å². The summed E-state index contributed by atoms with van der Waals surface area (Å²) in [4.78, 5) is 33.7. The third kappa shape index (κ3) is 4.03. The zero-order valence-electron chi connectivity index (χ0n) is 18.1. The lowest BCUT2D eigenvalue weighted by Crippen LogP contribution is -2.34. The Morgan fingerprint density at radius 1 is 1.16 bits per heavy atom. The second-order valence-electron chi connectivity index (χ2n) is 8.42. The van der Waals surface area contributed by atoms with Crippen LogP contribution in [0.5, 0.6) is 0 Å². The normalized spacial score (nSPS) is 22.2. The van der Waals surface area contributed by atoms with Gasteiger partial charge in [0.05, 0.1) is 0 Å². The molecule has 4 heterocycles. The van der Waals surface area contributed by atoms with Crippen LogP contribution in [-0.4, -0.2) is 65.9 Å². The number of carbonyl (C=O) groups is 2. The largest absolute Gasteiger partial charge is 0.486 e. The van der Waals surface area contributed by atoms with Crippen molar-refractivity contribution in [3.63, 3.8) is 0 Å². The molecule has 0 saturated carbocycles. The number of hydrogen-bond acceptors (Lipinski definition) is 5. The van der Waals surface area contributed by atoms with Crippen LogP contribution < -0.4 is 5.32 Å². The Hall–Kier alpha value is -3.45. The number of nitrogens with zero attached hydrogens (tertiary/aromatic N) is 3. The van der Waals surface area contributed by atoms with Crippen LogP contribution in [0.25, 0.3) is 11.3 Å². The van der Waals surface area contributed by atoms with Crippen molar-refractivity contribution in [3.05, 3.63) is 71.6 Å². The van der Waals surface area contributed by atoms with Gasteiger partial charge in [-0.05, 0) is 50.4 Å². The maximum atomic E-state index is 12.8. The molecule has 7 nitrogen and oxygen atoms in total. The highest BCUT2D eigenvalue weighted by Crippen LogP contribution is 2.34. The smallest absolute Gasteiger partial charge is 0.272 e. The number of pyridine rings is 1. The molecule has 1 aromatic carbocycles. The minimum absolute atomic E-state index is 0.0262. The lowest BCUT2D eigenvalue weighted by molar-refractivity contribution is -0.110. The van der Waals surface area contributed by atoms with Gasteiger partial charge in [0.25, 0.3) is 11.8 Å². The fourth-order valence-electron chi connectivity index (χ4n) is 4.34. The van der Waals surface area contributed by atoms with Crippen molar-refractivity contribution >= 4 is 28.8 Å². The molecule has 2 amide bonds. The molecule has 32 heavy (non-hydrogen) atoms. The first kappa shape index (κ1) is 20.5. The first-order valence-electron chi connectivity index (χ1n) is 11.0. The Morgan fingerprint density at radius 2 is 2.03 bits per heavy atom. The molecule has 0 aliphatic carbocycles. The summed E-state index contributed by atoms with van der Waals surface area (Å²) in [5.41, 5.74) is 3.65. The van der Waals surface area contributed by atoms with Crippen LogP contribution in [0.15, 0.2) is 54.7 Å². The Morgan fingerprint density at radius 3 is 2.88 bits per heavy atom. The van der Waals surface area contributed by atoms with Crippen molar-refractivity contribution in [2.45, 2.75) is 18.9 Å². The topological polar surface area (TPSA) is 74.8 Å². The van der Waals surface area contributed by atoms with E-state index < -0.39 is 0 Å². The molecule has 164 valence electrons. The van der Waals surface area contributed by atoms with E-state index in [2.05, 4.69) is 22.2 Å². The van der Waals surface area contributed by atoms with Crippen molar-refractivity contribution in [3.8, 4) is 0 Å². The van der Waals surface area contributed by atoms with Crippen molar-refractivity contribution in [1.82, 2.24) is 14.8 Å². The number of likely N-dealkylation sites (N-methyl/N-ethyl adjacent to an activating group) is 1. The Balaban J connectivity index is 1.25. The van der Waals surface area contributed by atoms with E-state index >= 15 is 0 Å². The number of amides is 2. The predicted molar refractivity (Wildman–Crippen MR) is 123 cm³/mol. The summed E-state index contributed by atoms with van der Waals surface area (Å²) in [7, 11) is 2.08. The molecule has 3 aliphatic rings. The second-order valence-corrected chi connectivity index (χ2v) is 8.42. The van der Waals surface area contributed by atoms with E-state index in [4.69, 9.17) is 4.74 Å². The van der Waals surface area contributed by atoms with Crippen molar-refractivity contribution in [1.29, 1.82) is 0 Å². The molecule has 5 rings (SSSR count). The van der Waals surface area contributed by atoms with Crippen LogP contribution in [0.2, 0.25) is 0 Å². The molecule has 3 aliphatic heterocycles. The van der Waals surface area contributed by atoms with Gasteiger partial charge in [-0.3, -0.25) is 14.6 Å². The van der Waals surface area contributed by atoms with Gasteiger partial charge >= 0.3 is 0 Å². The maximum Gasteiger partial charge on any atom is 0.272 e. The van der Waals surface area contributed by atoms with Gasteiger partial charge in [0.2, 0.25) is 0 Å². The molecule has 1 aromatic heterocycles. The van der Waals surface area contributed by atoms with Gasteiger partial charge in [0, 0.05) is 54.6 Å². The summed E-state index contributed by atoms with van der Waals surface area (Å²) in [6.07, 6.45) is 7.01. The Bertz CT molecular complexity index is 1110. The molecule has 1 atom stereocenters. The number of anilines is 1. The van der Waals surface area contributed by atoms with E-state index in [1.54, 1.807) is 12.3 Å². The van der Waals surface area contributed by atoms with Gasteiger partial charge in [-0.15, -0.1) is 0 Å². The highest BCUT2D eigenvalue weighted by molar-refractivity contribution is 6.31. The standard InChI is InChI=1S/C25H26N4O3/c1-28-11-4-12-29(14-13-28)25(31)22-9-7-17(16-26-22)23-10-8-18(32-23)15-20-19-5-2-3-6-21(19)27-24(20)30/h2-3,5-7,9-10,15-16,18H,4,8,11-14H2,1H3,(H,27,30)/b20-15+. The predicted octanol–water partition coefficient (Wildman–Crippen LogP) is 3.02. The molecule has 1 N–H and O–H groups in total. The zero-order valence-corrected chi connectivity index (χ0v) is 18.1. The molecule has 2 aromatic rings. The van der Waals surface area contributed by atoms with Gasteiger partial charge in [0.1, 0.15) is 17.6 Å². The average molecular weight is 431 g/mol. The number of benzene rings is 1. The van der Waals surface area contributed by atoms with Gasteiger partial charge in [-0.2, -0.15) is 0 Å². The molecule has 0 radical (unpaired) electrons. The number of carbonyl (C=O) groups excluding carboxylic acids is 2. The third-order valence-corrected chi connectivity index (χ3v) is 6.15. The number of hydrogen-bond donors (Lipinski definition) is 1. The van der Waals surface area contributed by atoms with Crippen molar-refractivity contribution in [2.75, 3.05) is 38.5 Å². The summed E-state index contributed by atoms with van der Waals surface area (Å²) in [5.74, 6) is 0.593. The van der Waals surface area contributed by atoms with Gasteiger partial charge in [-0.25, -0.2) is 0 Å². The summed E-state index contributed by atoms with van der Waals surface area (Å²) in [5, 5.41) is 2.89. The molecule has 1 saturated heterocycles. The van der Waals surface area contributed by atoms with Crippen molar-refractivity contribution in [2.24, 2.45) is 0 Å². The van der Waals surface area contributed by atoms with Crippen LogP contribution in [0, 0.1) is 0 Å². The number of aromatic nitrogens is 1. The first-order valence-corrected chi connectivity index (χ1v) is 11.0. The van der Waals surface area contributed by atoms with Crippen LogP contribution in [0.3, 0.4) is 0 Å². The monoisotopic (exact) mass is 430 g/mol. The SMILES string of the molecule is CN1CCCN(C(=O)c2ccc(C3=CCC(/C=C4/C(=O)Nc5ccccc54)O3)cn2)CC1. The minimum Gasteiger partial charge on any atom is -0.486 e. The molecule has 1 fully saturated rings. The summed E-state index contributed by atoms with van der Waals surface area (Å²) in [6.45, 7) is 3.37. The fraction of sp³-hybridized carbons (Fsp3) is 0.320. The lowest BCUT2D eigenvalue weighted by atomic mass is 10.0. The maximum absolute atomic E-state index is 12.8. The van der Waals surface area contributed by atoms with Gasteiger partial charge in [0.15, 0.2) is 0 Å². The Labute approximate surface area is 187 Å². The highest BCUT2D eigenvalue weighted by atomic mass is 16.5. The van der Waals surface area contributed by atoms with E-state index in [1.807, 2.05) is 47.4 Å². The lowest BCUT2D eigenvalue weighted by Gasteiger charge is -2.20. The van der Waals surface area contributed by atoms with E-state index in [0.717, 1.165) is 55.2 Å². The second kappa shape index (κ2) is 8.59. The number of ether oxygens (including phenoxy) is 1. The van der Waals surface area contributed by atoms with Crippen LogP contribution in [0.1, 0.15) is 34.5 Å². The molecular weight excluding hydrogens is 404 g/mol. The van der Waals surface area contributed by atoms with Gasteiger partial charge < -0.3 is 19.9 Å².